The summed E-state index contributed by atoms with van der Waals surface area (Å²) >= 11 is 1.67. The zero-order chi connectivity index (χ0) is 15.7. The van der Waals surface area contributed by atoms with Crippen LogP contribution in [0, 0.1) is 0 Å². The second kappa shape index (κ2) is 5.86. The van der Waals surface area contributed by atoms with Crippen molar-refractivity contribution in [2.24, 2.45) is 0 Å². The van der Waals surface area contributed by atoms with E-state index in [-0.39, 0.29) is 20.9 Å². The number of nitrogen functional groups attached to an aromatic ring is 1. The molecule has 0 heterocycles. The molecule has 2 rings (SSSR count). The van der Waals surface area contributed by atoms with Gasteiger partial charge in [0.25, 0.3) is 0 Å². The van der Waals surface area contributed by atoms with Gasteiger partial charge < -0.3 is 10.8 Å². The summed E-state index contributed by atoms with van der Waals surface area (Å²) < 4.78 is 27.1. The fraction of sp³-hybridized carbons (Fsp3) is 0.462. The Kier molecular flexibility index (Phi) is 4.50. The number of anilines is 1. The minimum atomic E-state index is -3.73. The summed E-state index contributed by atoms with van der Waals surface area (Å²) in [6.07, 6.45) is 5.07. The fourth-order valence-corrected chi connectivity index (χ4v) is 4.50. The highest BCUT2D eigenvalue weighted by Crippen LogP contribution is 2.42. The molecule has 1 saturated carbocycles. The number of carboxylic acid groups (broad SMARTS) is 1. The van der Waals surface area contributed by atoms with Gasteiger partial charge in [-0.3, -0.25) is 0 Å². The van der Waals surface area contributed by atoms with Crippen molar-refractivity contribution in [3.05, 3.63) is 23.8 Å². The van der Waals surface area contributed by atoms with Crippen LogP contribution in [-0.4, -0.2) is 37.0 Å². The lowest BCUT2D eigenvalue weighted by atomic mass is 9.84. The van der Waals surface area contributed by atoms with Crippen molar-refractivity contribution in [3.63, 3.8) is 0 Å². The largest absolute Gasteiger partial charge is 0.478 e. The van der Waals surface area contributed by atoms with Gasteiger partial charge in [-0.25, -0.2) is 17.9 Å². The number of carboxylic acids is 1. The van der Waals surface area contributed by atoms with Crippen LogP contribution in [0.3, 0.4) is 0 Å². The van der Waals surface area contributed by atoms with Crippen LogP contribution in [-0.2, 0) is 10.0 Å². The van der Waals surface area contributed by atoms with Crippen LogP contribution in [0.1, 0.15) is 29.6 Å². The highest BCUT2D eigenvalue weighted by molar-refractivity contribution is 8.00. The molecule has 21 heavy (non-hydrogen) atoms. The average molecular weight is 330 g/mol. The molecule has 1 aromatic carbocycles. The smallest absolute Gasteiger partial charge is 0.335 e. The molecule has 1 aromatic rings. The first kappa shape index (κ1) is 16.1. The Hall–Kier alpha value is -1.25. The molecule has 1 aliphatic carbocycles. The van der Waals surface area contributed by atoms with Crippen LogP contribution in [0.25, 0.3) is 0 Å². The van der Waals surface area contributed by atoms with E-state index in [9.17, 15) is 13.2 Å². The summed E-state index contributed by atoms with van der Waals surface area (Å²) in [6.45, 7) is 0.358. The summed E-state index contributed by atoms with van der Waals surface area (Å²) in [6, 6.07) is 3.62. The first-order chi connectivity index (χ1) is 9.80. The number of thioether (sulfide) groups is 1. The molecule has 8 heteroatoms. The van der Waals surface area contributed by atoms with E-state index in [0.29, 0.717) is 6.54 Å². The summed E-state index contributed by atoms with van der Waals surface area (Å²) in [5, 5.41) is 8.86. The van der Waals surface area contributed by atoms with E-state index in [1.54, 1.807) is 11.8 Å². The van der Waals surface area contributed by atoms with Crippen molar-refractivity contribution in [2.75, 3.05) is 18.5 Å². The lowest BCUT2D eigenvalue weighted by Crippen LogP contribution is -2.45. The molecule has 0 atom stereocenters. The van der Waals surface area contributed by atoms with Crippen LogP contribution in [0.5, 0.6) is 0 Å². The van der Waals surface area contributed by atoms with Gasteiger partial charge in [0.15, 0.2) is 0 Å². The van der Waals surface area contributed by atoms with Crippen molar-refractivity contribution >= 4 is 33.4 Å². The Morgan fingerprint density at radius 1 is 1.48 bits per heavy atom. The topological polar surface area (TPSA) is 109 Å². The summed E-state index contributed by atoms with van der Waals surface area (Å²) in [4.78, 5) is 10.8. The third-order valence-corrected chi connectivity index (χ3v) is 6.72. The Balaban J connectivity index is 2.18. The van der Waals surface area contributed by atoms with Gasteiger partial charge in [0, 0.05) is 11.3 Å². The van der Waals surface area contributed by atoms with Gasteiger partial charge in [-0.05, 0) is 37.3 Å². The van der Waals surface area contributed by atoms with Crippen molar-refractivity contribution in [1.82, 2.24) is 4.72 Å². The van der Waals surface area contributed by atoms with Gasteiger partial charge >= 0.3 is 5.97 Å². The van der Waals surface area contributed by atoms with E-state index >= 15 is 0 Å². The van der Waals surface area contributed by atoms with E-state index in [2.05, 4.69) is 4.72 Å². The van der Waals surface area contributed by atoms with Crippen molar-refractivity contribution in [3.8, 4) is 0 Å². The standard InChI is InChI=1S/C13H18N2O4S2/c1-20-13(5-2-6-13)8-15-21(18,19)11-4-3-9(12(16)17)7-10(11)14/h3-4,7,15H,2,5-6,8,14H2,1H3,(H,16,17). The minimum absolute atomic E-state index is 0.0250. The molecule has 116 valence electrons. The summed E-state index contributed by atoms with van der Waals surface area (Å²) in [5.41, 5.74) is 5.58. The van der Waals surface area contributed by atoms with E-state index in [1.807, 2.05) is 6.26 Å². The maximum absolute atomic E-state index is 12.3. The Labute approximate surface area is 128 Å². The van der Waals surface area contributed by atoms with Crippen molar-refractivity contribution in [2.45, 2.75) is 28.9 Å². The maximum atomic E-state index is 12.3. The van der Waals surface area contributed by atoms with E-state index < -0.39 is 16.0 Å². The molecule has 0 radical (unpaired) electrons. The van der Waals surface area contributed by atoms with E-state index in [4.69, 9.17) is 10.8 Å². The van der Waals surface area contributed by atoms with Crippen LogP contribution in [0.4, 0.5) is 5.69 Å². The van der Waals surface area contributed by atoms with Crippen LogP contribution < -0.4 is 10.5 Å². The molecule has 0 unspecified atom stereocenters. The number of carbonyl (C=O) groups is 1. The van der Waals surface area contributed by atoms with Gasteiger partial charge in [-0.15, -0.1) is 0 Å². The predicted molar refractivity (Wildman–Crippen MR) is 83.1 cm³/mol. The number of sulfonamides is 1. The zero-order valence-electron chi connectivity index (χ0n) is 11.6. The molecule has 4 N–H and O–H groups in total. The first-order valence-electron chi connectivity index (χ1n) is 6.47. The van der Waals surface area contributed by atoms with Crippen molar-refractivity contribution in [1.29, 1.82) is 0 Å². The summed E-state index contributed by atoms with van der Waals surface area (Å²) in [5.74, 6) is -1.14. The number of benzene rings is 1. The molecule has 1 fully saturated rings. The fourth-order valence-electron chi connectivity index (χ4n) is 2.25. The third-order valence-electron chi connectivity index (χ3n) is 3.83. The summed E-state index contributed by atoms with van der Waals surface area (Å²) in [7, 11) is -3.73. The van der Waals surface area contributed by atoms with Crippen LogP contribution in [0.2, 0.25) is 0 Å². The number of hydrogen-bond donors (Lipinski definition) is 3. The molecule has 0 amide bonds. The van der Waals surface area contributed by atoms with Gasteiger partial charge in [-0.1, -0.05) is 6.42 Å². The van der Waals surface area contributed by atoms with Gasteiger partial charge in [0.2, 0.25) is 10.0 Å². The van der Waals surface area contributed by atoms with E-state index in [0.717, 1.165) is 25.3 Å². The SMILES string of the molecule is CSC1(CNS(=O)(=O)c2ccc(C(=O)O)cc2N)CCC1. The molecule has 0 aromatic heterocycles. The Bertz CT molecular complexity index is 649. The monoisotopic (exact) mass is 330 g/mol. The predicted octanol–water partition coefficient (Wildman–Crippen LogP) is 1.53. The number of nitrogens with one attached hydrogen (secondary N) is 1. The van der Waals surface area contributed by atoms with E-state index in [1.165, 1.54) is 12.1 Å². The maximum Gasteiger partial charge on any atom is 0.335 e. The Morgan fingerprint density at radius 2 is 2.14 bits per heavy atom. The Morgan fingerprint density at radius 3 is 2.57 bits per heavy atom. The van der Waals surface area contributed by atoms with Crippen molar-refractivity contribution < 1.29 is 18.3 Å². The number of rotatable bonds is 6. The molecule has 0 saturated heterocycles. The molecular weight excluding hydrogens is 312 g/mol. The minimum Gasteiger partial charge on any atom is -0.478 e. The van der Waals surface area contributed by atoms with Gasteiger partial charge in [0.05, 0.1) is 11.3 Å². The second-order valence-corrected chi connectivity index (χ2v) is 8.13. The van der Waals surface area contributed by atoms with Crippen LogP contribution >= 0.6 is 11.8 Å². The van der Waals surface area contributed by atoms with Gasteiger partial charge in [0.1, 0.15) is 4.90 Å². The average Bonchev–Trinajstić information content (AvgIpc) is 2.37. The number of nitrogens with two attached hydrogens (primary N) is 1. The molecule has 1 aliphatic rings. The lowest BCUT2D eigenvalue weighted by molar-refractivity contribution is 0.0697. The molecule has 0 aliphatic heterocycles. The molecule has 0 spiro atoms. The third kappa shape index (κ3) is 3.33. The van der Waals surface area contributed by atoms with Gasteiger partial charge in [-0.2, -0.15) is 11.8 Å². The molecule has 6 nitrogen and oxygen atoms in total. The zero-order valence-corrected chi connectivity index (χ0v) is 13.3. The highest BCUT2D eigenvalue weighted by Gasteiger charge is 2.37. The lowest BCUT2D eigenvalue weighted by Gasteiger charge is -2.40. The number of aromatic carboxylic acids is 1. The molecular formula is C13H18N2O4S2. The second-order valence-electron chi connectivity index (χ2n) is 5.12. The normalized spacial score (nSPS) is 17.2. The quantitative estimate of drug-likeness (QED) is 0.682. The van der Waals surface area contributed by atoms with Crippen LogP contribution in [0.15, 0.2) is 23.1 Å². The highest BCUT2D eigenvalue weighted by atomic mass is 32.2. The molecule has 0 bridgehead atoms. The first-order valence-corrected chi connectivity index (χ1v) is 9.18. The number of hydrogen-bond acceptors (Lipinski definition) is 5.